The van der Waals surface area contributed by atoms with Crippen LogP contribution in [0.3, 0.4) is 0 Å². The molecule has 110 valence electrons. The van der Waals surface area contributed by atoms with Crippen LogP contribution in [0.1, 0.15) is 19.3 Å². The molecule has 1 fully saturated rings. The third-order valence-electron chi connectivity index (χ3n) is 3.71. The summed E-state index contributed by atoms with van der Waals surface area (Å²) in [5, 5.41) is 6.40. The van der Waals surface area contributed by atoms with Gasteiger partial charge in [0, 0.05) is 9.61 Å². The molecule has 0 aliphatic carbocycles. The molecule has 0 saturated carbocycles. The molecule has 0 bridgehead atoms. The molecule has 1 aliphatic heterocycles. The minimum Gasteiger partial charge on any atom is -0.324 e. The summed E-state index contributed by atoms with van der Waals surface area (Å²) in [5.41, 5.74) is 0.897. The lowest BCUT2D eigenvalue weighted by molar-refractivity contribution is -0.117. The molecule has 2 rings (SSSR count). The van der Waals surface area contributed by atoms with Crippen molar-refractivity contribution in [3.8, 4) is 0 Å². The van der Waals surface area contributed by atoms with Crippen molar-refractivity contribution in [3.05, 3.63) is 27.8 Å². The monoisotopic (exact) mass is 387 g/mol. The van der Waals surface area contributed by atoms with Crippen LogP contribution in [0.25, 0.3) is 0 Å². The second kappa shape index (κ2) is 7.95. The van der Waals surface area contributed by atoms with Crippen LogP contribution in [0.15, 0.2) is 24.3 Å². The Morgan fingerprint density at radius 2 is 2.20 bits per heavy atom. The minimum atomic E-state index is 0.0637. The number of carbonyl (C=O) groups is 1. The second-order valence-corrected chi connectivity index (χ2v) is 6.44. The van der Waals surface area contributed by atoms with E-state index in [9.17, 15) is 4.79 Å². The normalized spacial score (nSPS) is 19.6. The van der Waals surface area contributed by atoms with Gasteiger partial charge in [0.05, 0.1) is 12.2 Å². The molecular formula is C15H22IN3O. The largest absolute Gasteiger partial charge is 0.324 e. The fourth-order valence-electron chi connectivity index (χ4n) is 2.55. The van der Waals surface area contributed by atoms with E-state index in [0.717, 1.165) is 28.8 Å². The van der Waals surface area contributed by atoms with Gasteiger partial charge in [0.25, 0.3) is 0 Å². The number of para-hydroxylation sites is 1. The van der Waals surface area contributed by atoms with Crippen molar-refractivity contribution in [3.63, 3.8) is 0 Å². The van der Waals surface area contributed by atoms with Gasteiger partial charge in [0.2, 0.25) is 5.91 Å². The Kier molecular flexibility index (Phi) is 6.25. The molecule has 1 aromatic rings. The zero-order valence-corrected chi connectivity index (χ0v) is 14.0. The summed E-state index contributed by atoms with van der Waals surface area (Å²) in [6.07, 6.45) is 3.47. The second-order valence-electron chi connectivity index (χ2n) is 5.28. The summed E-state index contributed by atoms with van der Waals surface area (Å²) in [6, 6.07) is 8.36. The topological polar surface area (TPSA) is 44.4 Å². The van der Waals surface area contributed by atoms with Gasteiger partial charge in [-0.05, 0) is 74.1 Å². The molecule has 1 unspecified atom stereocenters. The van der Waals surface area contributed by atoms with Crippen LogP contribution in [-0.2, 0) is 4.79 Å². The Morgan fingerprint density at radius 3 is 3.00 bits per heavy atom. The lowest BCUT2D eigenvalue weighted by atomic mass is 10.1. The van der Waals surface area contributed by atoms with Gasteiger partial charge in [-0.3, -0.25) is 9.69 Å². The maximum absolute atomic E-state index is 12.1. The first kappa shape index (κ1) is 15.7. The number of halogens is 1. The summed E-state index contributed by atoms with van der Waals surface area (Å²) in [6.45, 7) is 2.60. The smallest absolute Gasteiger partial charge is 0.238 e. The van der Waals surface area contributed by atoms with E-state index in [2.05, 4.69) is 38.1 Å². The summed E-state index contributed by atoms with van der Waals surface area (Å²) < 4.78 is 1.07. The van der Waals surface area contributed by atoms with Crippen molar-refractivity contribution in [1.82, 2.24) is 10.2 Å². The van der Waals surface area contributed by atoms with E-state index in [4.69, 9.17) is 0 Å². The van der Waals surface area contributed by atoms with Crippen LogP contribution in [0.2, 0.25) is 0 Å². The number of amides is 1. The third kappa shape index (κ3) is 4.71. The van der Waals surface area contributed by atoms with Gasteiger partial charge in [-0.2, -0.15) is 0 Å². The maximum atomic E-state index is 12.1. The summed E-state index contributed by atoms with van der Waals surface area (Å²) in [4.78, 5) is 14.3. The fourth-order valence-corrected chi connectivity index (χ4v) is 3.07. The van der Waals surface area contributed by atoms with Crippen LogP contribution in [0.5, 0.6) is 0 Å². The highest BCUT2D eigenvalue weighted by Gasteiger charge is 2.18. The number of carbonyl (C=O) groups excluding carboxylic acids is 1. The number of likely N-dealkylation sites (N-methyl/N-ethyl adjacent to an activating group) is 1. The van der Waals surface area contributed by atoms with E-state index in [1.54, 1.807) is 0 Å². The van der Waals surface area contributed by atoms with E-state index >= 15 is 0 Å². The van der Waals surface area contributed by atoms with E-state index in [0.29, 0.717) is 12.6 Å². The van der Waals surface area contributed by atoms with Crippen molar-refractivity contribution in [2.24, 2.45) is 0 Å². The van der Waals surface area contributed by atoms with Crippen molar-refractivity contribution in [1.29, 1.82) is 0 Å². The molecule has 0 spiro atoms. The molecule has 2 N–H and O–H groups in total. The van der Waals surface area contributed by atoms with E-state index in [1.165, 1.54) is 12.8 Å². The first-order valence-electron chi connectivity index (χ1n) is 7.12. The average Bonchev–Trinajstić information content (AvgIpc) is 2.70. The Labute approximate surface area is 134 Å². The van der Waals surface area contributed by atoms with Gasteiger partial charge in [-0.1, -0.05) is 12.1 Å². The SMILES string of the molecule is CN(CC(=O)Nc1ccccc1I)C1CCCNCC1. The molecule has 0 radical (unpaired) electrons. The highest BCUT2D eigenvalue weighted by atomic mass is 127. The van der Waals surface area contributed by atoms with Crippen molar-refractivity contribution in [2.75, 3.05) is 32.0 Å². The maximum Gasteiger partial charge on any atom is 0.238 e. The van der Waals surface area contributed by atoms with Crippen LogP contribution in [0.4, 0.5) is 5.69 Å². The van der Waals surface area contributed by atoms with Crippen LogP contribution in [0, 0.1) is 3.57 Å². The summed E-state index contributed by atoms with van der Waals surface area (Å²) in [5.74, 6) is 0.0637. The quantitative estimate of drug-likeness (QED) is 0.780. The molecule has 4 nitrogen and oxygen atoms in total. The van der Waals surface area contributed by atoms with Crippen molar-refractivity contribution in [2.45, 2.75) is 25.3 Å². The van der Waals surface area contributed by atoms with Crippen LogP contribution in [-0.4, -0.2) is 43.5 Å². The highest BCUT2D eigenvalue weighted by molar-refractivity contribution is 14.1. The molecule has 1 saturated heterocycles. The van der Waals surface area contributed by atoms with Crippen molar-refractivity contribution < 1.29 is 4.79 Å². The van der Waals surface area contributed by atoms with Gasteiger partial charge in [-0.15, -0.1) is 0 Å². The third-order valence-corrected chi connectivity index (χ3v) is 4.65. The predicted molar refractivity (Wildman–Crippen MR) is 90.9 cm³/mol. The summed E-state index contributed by atoms with van der Waals surface area (Å²) >= 11 is 2.24. The van der Waals surface area contributed by atoms with E-state index < -0.39 is 0 Å². The minimum absolute atomic E-state index is 0.0637. The van der Waals surface area contributed by atoms with Gasteiger partial charge < -0.3 is 10.6 Å². The van der Waals surface area contributed by atoms with Gasteiger partial charge in [-0.25, -0.2) is 0 Å². The van der Waals surface area contributed by atoms with Crippen molar-refractivity contribution >= 4 is 34.2 Å². The zero-order valence-electron chi connectivity index (χ0n) is 11.9. The molecule has 1 aromatic carbocycles. The zero-order chi connectivity index (χ0) is 14.4. The fraction of sp³-hybridized carbons (Fsp3) is 0.533. The van der Waals surface area contributed by atoms with Gasteiger partial charge >= 0.3 is 0 Å². The number of rotatable bonds is 4. The van der Waals surface area contributed by atoms with Crippen LogP contribution < -0.4 is 10.6 Å². The number of nitrogens with zero attached hydrogens (tertiary/aromatic N) is 1. The molecule has 5 heteroatoms. The molecule has 20 heavy (non-hydrogen) atoms. The number of hydrogen-bond donors (Lipinski definition) is 2. The Bertz CT molecular complexity index is 444. The highest BCUT2D eigenvalue weighted by Crippen LogP contribution is 2.17. The molecule has 1 amide bonds. The lowest BCUT2D eigenvalue weighted by Gasteiger charge is -2.26. The number of benzene rings is 1. The standard InChI is InChI=1S/C15H22IN3O/c1-19(12-5-4-9-17-10-8-12)11-15(20)18-14-7-3-2-6-13(14)16/h2-3,6-7,12,17H,4-5,8-11H2,1H3,(H,18,20). The molecule has 1 atom stereocenters. The van der Waals surface area contributed by atoms with E-state index in [-0.39, 0.29) is 5.91 Å². The Hall–Kier alpha value is -0.660. The van der Waals surface area contributed by atoms with Crippen LogP contribution >= 0.6 is 22.6 Å². The summed E-state index contributed by atoms with van der Waals surface area (Å²) in [7, 11) is 2.05. The first-order chi connectivity index (χ1) is 9.66. The average molecular weight is 387 g/mol. The lowest BCUT2D eigenvalue weighted by Crippen LogP contribution is -2.38. The van der Waals surface area contributed by atoms with Gasteiger partial charge in [0.15, 0.2) is 0 Å². The van der Waals surface area contributed by atoms with E-state index in [1.807, 2.05) is 31.3 Å². The number of nitrogens with one attached hydrogen (secondary N) is 2. The molecule has 0 aromatic heterocycles. The number of hydrogen-bond acceptors (Lipinski definition) is 3. The number of anilines is 1. The molecule has 1 heterocycles. The molecular weight excluding hydrogens is 365 g/mol. The Balaban J connectivity index is 1.85. The molecule has 1 aliphatic rings. The predicted octanol–water partition coefficient (Wildman–Crippen LogP) is 2.30. The van der Waals surface area contributed by atoms with Gasteiger partial charge in [0.1, 0.15) is 0 Å². The first-order valence-corrected chi connectivity index (χ1v) is 8.20. The Morgan fingerprint density at radius 1 is 1.40 bits per heavy atom.